The summed E-state index contributed by atoms with van der Waals surface area (Å²) in [5.41, 5.74) is 2.83. The van der Waals surface area contributed by atoms with Crippen LogP contribution in [0.25, 0.3) is 0 Å². The Bertz CT molecular complexity index is 122. The molecule has 1 nitrogen and oxygen atoms in total. The molecule has 0 saturated heterocycles. The van der Waals surface area contributed by atoms with Crippen molar-refractivity contribution in [2.75, 3.05) is 0 Å². The fourth-order valence-electron chi connectivity index (χ4n) is 0.869. The molecule has 1 heteroatoms. The maximum absolute atomic E-state index is 10.5. The highest BCUT2D eigenvalue weighted by atomic mass is 16.3. The predicted molar refractivity (Wildman–Crippen MR) is 32.1 cm³/mol. The first-order chi connectivity index (χ1) is 3.70. The molecule has 0 spiro atoms. The average Bonchev–Trinajstić information content (AvgIpc) is 2.17. The van der Waals surface area contributed by atoms with Gasteiger partial charge >= 0.3 is 0 Å². The molecule has 0 aliphatic heterocycles. The Morgan fingerprint density at radius 2 is 2.25 bits per heavy atom. The normalized spacial score (nSPS) is 21.4. The molecule has 1 unspecified atom stereocenters. The number of hydrogen-bond acceptors (Lipinski definition) is 0. The highest BCUT2D eigenvalue weighted by Crippen LogP contribution is 2.33. The van der Waals surface area contributed by atoms with E-state index in [4.69, 9.17) is 0 Å². The van der Waals surface area contributed by atoms with Crippen molar-refractivity contribution >= 4 is 0 Å². The number of allylic oxidation sites excluding steroid dienone is 1. The smallest absolute Gasteiger partial charge is 0.0939 e. The van der Waals surface area contributed by atoms with Gasteiger partial charge in [0.2, 0.25) is 0 Å². The van der Waals surface area contributed by atoms with Gasteiger partial charge in [-0.05, 0) is 26.7 Å². The zero-order valence-electron chi connectivity index (χ0n) is 5.40. The van der Waals surface area contributed by atoms with Gasteiger partial charge in [-0.3, -0.25) is 0 Å². The molecule has 8 heavy (non-hydrogen) atoms. The molecule has 0 aromatic carbocycles. The summed E-state index contributed by atoms with van der Waals surface area (Å²) in [6, 6.07) is 0. The summed E-state index contributed by atoms with van der Waals surface area (Å²) in [7, 11) is 0. The van der Waals surface area contributed by atoms with Gasteiger partial charge in [-0.25, -0.2) is 5.11 Å². The van der Waals surface area contributed by atoms with Crippen LogP contribution in [0, 0.1) is 0 Å². The van der Waals surface area contributed by atoms with Gasteiger partial charge in [0.25, 0.3) is 0 Å². The monoisotopic (exact) mass is 111 g/mol. The molecule has 0 fully saturated rings. The van der Waals surface area contributed by atoms with Crippen LogP contribution in [0.3, 0.4) is 0 Å². The van der Waals surface area contributed by atoms with Crippen LogP contribution in [-0.4, -0.2) is 6.10 Å². The third-order valence-corrected chi connectivity index (χ3v) is 1.49. The summed E-state index contributed by atoms with van der Waals surface area (Å²) in [5.74, 6) is 0. The maximum atomic E-state index is 10.5. The van der Waals surface area contributed by atoms with Gasteiger partial charge in [0, 0.05) is 0 Å². The molecule has 1 aliphatic carbocycles. The Labute approximate surface area is 50.0 Å². The zero-order valence-corrected chi connectivity index (χ0v) is 5.40. The predicted octanol–water partition coefficient (Wildman–Crippen LogP) is 1.92. The van der Waals surface area contributed by atoms with Gasteiger partial charge in [0.1, 0.15) is 0 Å². The van der Waals surface area contributed by atoms with E-state index in [0.29, 0.717) is 0 Å². The van der Waals surface area contributed by atoms with E-state index in [1.54, 1.807) is 6.92 Å². The molecule has 0 heterocycles. The molecule has 0 N–H and O–H groups in total. The number of hydrogen-bond donors (Lipinski definition) is 0. The minimum atomic E-state index is -0.387. The molecule has 0 amide bonds. The number of rotatable bonds is 2. The molecule has 45 valence electrons. The minimum absolute atomic E-state index is 0.387. The SMILES string of the molecule is CC1=C(CC(C)[O])C1. The van der Waals surface area contributed by atoms with Crippen molar-refractivity contribution in [2.45, 2.75) is 32.8 Å². The van der Waals surface area contributed by atoms with Gasteiger partial charge in [0.05, 0.1) is 6.10 Å². The standard InChI is InChI=1S/C7H11O/c1-5-3-7(5)4-6(2)8/h6H,3-4H2,1-2H3. The highest BCUT2D eigenvalue weighted by Gasteiger charge is 2.17. The van der Waals surface area contributed by atoms with Crippen LogP contribution < -0.4 is 0 Å². The summed E-state index contributed by atoms with van der Waals surface area (Å²) < 4.78 is 0. The van der Waals surface area contributed by atoms with Crippen LogP contribution in [0.1, 0.15) is 26.7 Å². The molecule has 0 aromatic heterocycles. The van der Waals surface area contributed by atoms with Crippen LogP contribution in [0.4, 0.5) is 0 Å². The van der Waals surface area contributed by atoms with Crippen molar-refractivity contribution in [1.82, 2.24) is 0 Å². The lowest BCUT2D eigenvalue weighted by Gasteiger charge is -1.91. The first-order valence-electron chi connectivity index (χ1n) is 3.03. The Balaban J connectivity index is 2.22. The molecule has 1 atom stereocenters. The lowest BCUT2D eigenvalue weighted by molar-refractivity contribution is 0.107. The second-order valence-electron chi connectivity index (χ2n) is 2.58. The van der Waals surface area contributed by atoms with Crippen molar-refractivity contribution < 1.29 is 5.11 Å². The third-order valence-electron chi connectivity index (χ3n) is 1.49. The second-order valence-corrected chi connectivity index (χ2v) is 2.58. The first-order valence-corrected chi connectivity index (χ1v) is 3.03. The van der Waals surface area contributed by atoms with Crippen LogP contribution in [-0.2, 0) is 5.11 Å². The fraction of sp³-hybridized carbons (Fsp3) is 0.714. The van der Waals surface area contributed by atoms with E-state index in [1.165, 1.54) is 11.1 Å². The topological polar surface area (TPSA) is 19.9 Å². The van der Waals surface area contributed by atoms with E-state index < -0.39 is 0 Å². The van der Waals surface area contributed by atoms with Gasteiger partial charge in [-0.2, -0.15) is 0 Å². The fourth-order valence-corrected chi connectivity index (χ4v) is 0.869. The van der Waals surface area contributed by atoms with Gasteiger partial charge in [-0.1, -0.05) is 11.1 Å². The van der Waals surface area contributed by atoms with Crippen LogP contribution in [0.15, 0.2) is 11.1 Å². The Hall–Kier alpha value is -0.300. The Morgan fingerprint density at radius 1 is 1.75 bits per heavy atom. The van der Waals surface area contributed by atoms with E-state index in [9.17, 15) is 5.11 Å². The Kier molecular flexibility index (Phi) is 1.39. The van der Waals surface area contributed by atoms with Crippen LogP contribution >= 0.6 is 0 Å². The van der Waals surface area contributed by atoms with Crippen molar-refractivity contribution in [3.8, 4) is 0 Å². The van der Waals surface area contributed by atoms with E-state index in [2.05, 4.69) is 6.92 Å². The zero-order chi connectivity index (χ0) is 6.15. The van der Waals surface area contributed by atoms with Crippen LogP contribution in [0.2, 0.25) is 0 Å². The van der Waals surface area contributed by atoms with Crippen molar-refractivity contribution in [3.63, 3.8) is 0 Å². The summed E-state index contributed by atoms with van der Waals surface area (Å²) in [6.45, 7) is 3.82. The second kappa shape index (κ2) is 1.90. The molecule has 1 rings (SSSR count). The summed E-state index contributed by atoms with van der Waals surface area (Å²) >= 11 is 0. The molecular formula is C7H11O. The average molecular weight is 111 g/mol. The van der Waals surface area contributed by atoms with E-state index >= 15 is 0 Å². The lowest BCUT2D eigenvalue weighted by atomic mass is 10.2. The minimum Gasteiger partial charge on any atom is -0.233 e. The van der Waals surface area contributed by atoms with Crippen molar-refractivity contribution in [2.24, 2.45) is 0 Å². The summed E-state index contributed by atoms with van der Waals surface area (Å²) in [5, 5.41) is 10.5. The molecule has 0 saturated carbocycles. The molecule has 1 radical (unpaired) electrons. The summed E-state index contributed by atoms with van der Waals surface area (Å²) in [6.07, 6.45) is 1.53. The van der Waals surface area contributed by atoms with E-state index in [-0.39, 0.29) is 6.10 Å². The molecule has 1 aliphatic rings. The summed E-state index contributed by atoms with van der Waals surface area (Å²) in [4.78, 5) is 0. The van der Waals surface area contributed by atoms with Gasteiger partial charge < -0.3 is 0 Å². The highest BCUT2D eigenvalue weighted by molar-refractivity contribution is 5.32. The van der Waals surface area contributed by atoms with E-state index in [1.807, 2.05) is 0 Å². The quantitative estimate of drug-likeness (QED) is 0.485. The van der Waals surface area contributed by atoms with Crippen molar-refractivity contribution in [1.29, 1.82) is 0 Å². The van der Waals surface area contributed by atoms with Gasteiger partial charge in [0.15, 0.2) is 0 Å². The van der Waals surface area contributed by atoms with Gasteiger partial charge in [-0.15, -0.1) is 0 Å². The lowest BCUT2D eigenvalue weighted by Crippen LogP contribution is -1.93. The molecule has 0 bridgehead atoms. The van der Waals surface area contributed by atoms with Crippen molar-refractivity contribution in [3.05, 3.63) is 11.1 Å². The maximum Gasteiger partial charge on any atom is 0.0939 e. The molecular weight excluding hydrogens is 100 g/mol. The van der Waals surface area contributed by atoms with E-state index in [0.717, 1.165) is 12.8 Å². The largest absolute Gasteiger partial charge is 0.233 e. The Morgan fingerprint density at radius 3 is 2.38 bits per heavy atom. The third kappa shape index (κ3) is 1.34. The van der Waals surface area contributed by atoms with Crippen LogP contribution in [0.5, 0.6) is 0 Å². The first kappa shape index (κ1) is 5.83. The molecule has 0 aromatic rings.